The van der Waals surface area contributed by atoms with Gasteiger partial charge in [-0.2, -0.15) is 0 Å². The summed E-state index contributed by atoms with van der Waals surface area (Å²) in [5.74, 6) is 0.810. The maximum Gasteiger partial charge on any atom is 0.139 e. The predicted octanol–water partition coefficient (Wildman–Crippen LogP) is 2.37. The molecule has 1 aromatic rings. The van der Waals surface area contributed by atoms with Gasteiger partial charge in [0.25, 0.3) is 0 Å². The van der Waals surface area contributed by atoms with Crippen molar-refractivity contribution in [3.8, 4) is 5.75 Å². The highest BCUT2D eigenvalue weighted by Gasteiger charge is 2.18. The van der Waals surface area contributed by atoms with Crippen LogP contribution in [0.2, 0.25) is 0 Å². The van der Waals surface area contributed by atoms with Crippen molar-refractivity contribution in [1.29, 1.82) is 0 Å². The number of aromatic nitrogens is 1. The summed E-state index contributed by atoms with van der Waals surface area (Å²) in [5, 5.41) is 0. The predicted molar refractivity (Wildman–Crippen MR) is 84.9 cm³/mol. The zero-order chi connectivity index (χ0) is 15.3. The first-order valence-electron chi connectivity index (χ1n) is 7.58. The maximum absolute atomic E-state index is 5.88. The Morgan fingerprint density at radius 3 is 2.67 bits per heavy atom. The molecule has 1 aliphatic heterocycles. The molecule has 0 N–H and O–H groups in total. The fourth-order valence-electron chi connectivity index (χ4n) is 2.34. The molecule has 2 heterocycles. The molecule has 0 spiro atoms. The first-order chi connectivity index (χ1) is 9.98. The fraction of sp³-hybridized carbons (Fsp3) is 0.688. The maximum atomic E-state index is 5.88. The van der Waals surface area contributed by atoms with E-state index in [9.17, 15) is 0 Å². The van der Waals surface area contributed by atoms with E-state index in [0.29, 0.717) is 6.73 Å². The Bertz CT molecular complexity index is 445. The minimum atomic E-state index is -0.0806. The Morgan fingerprint density at radius 2 is 1.95 bits per heavy atom. The molecule has 0 aliphatic carbocycles. The van der Waals surface area contributed by atoms with Crippen LogP contribution < -0.4 is 9.64 Å². The number of methoxy groups -OCH3 is 1. The molecule has 2 rings (SSSR count). The second kappa shape index (κ2) is 7.09. The monoisotopic (exact) mass is 293 g/mol. The van der Waals surface area contributed by atoms with Gasteiger partial charge in [-0.15, -0.1) is 0 Å². The van der Waals surface area contributed by atoms with Gasteiger partial charge in [0.1, 0.15) is 5.75 Å². The molecule has 0 aromatic carbocycles. The van der Waals surface area contributed by atoms with Gasteiger partial charge >= 0.3 is 0 Å². The van der Waals surface area contributed by atoms with Gasteiger partial charge in [-0.1, -0.05) is 0 Å². The molecule has 1 aliphatic rings. The van der Waals surface area contributed by atoms with Crippen molar-refractivity contribution in [1.82, 2.24) is 9.88 Å². The van der Waals surface area contributed by atoms with Crippen LogP contribution in [0.3, 0.4) is 0 Å². The first kappa shape index (κ1) is 16.0. The summed E-state index contributed by atoms with van der Waals surface area (Å²) >= 11 is 0. The molecule has 0 unspecified atom stereocenters. The van der Waals surface area contributed by atoms with Crippen molar-refractivity contribution < 1.29 is 9.47 Å². The normalized spacial score (nSPS) is 17.6. The van der Waals surface area contributed by atoms with Crippen LogP contribution >= 0.6 is 0 Å². The molecule has 0 amide bonds. The highest BCUT2D eigenvalue weighted by Crippen LogP contribution is 2.20. The van der Waals surface area contributed by atoms with E-state index < -0.39 is 0 Å². The van der Waals surface area contributed by atoms with E-state index >= 15 is 0 Å². The molecular weight excluding hydrogens is 266 g/mol. The van der Waals surface area contributed by atoms with Gasteiger partial charge in [0.15, 0.2) is 0 Å². The number of hydrogen-bond acceptors (Lipinski definition) is 5. The first-order valence-corrected chi connectivity index (χ1v) is 7.58. The van der Waals surface area contributed by atoms with Gasteiger partial charge < -0.3 is 14.4 Å². The van der Waals surface area contributed by atoms with Gasteiger partial charge in [-0.3, -0.25) is 9.88 Å². The fourth-order valence-corrected chi connectivity index (χ4v) is 2.34. The van der Waals surface area contributed by atoms with Crippen molar-refractivity contribution in [2.75, 3.05) is 44.9 Å². The van der Waals surface area contributed by atoms with E-state index in [-0.39, 0.29) is 5.60 Å². The molecule has 1 saturated heterocycles. The number of anilines is 1. The molecule has 5 heteroatoms. The summed E-state index contributed by atoms with van der Waals surface area (Å²) in [6, 6.07) is 2.05. The number of hydrogen-bond donors (Lipinski definition) is 0. The minimum Gasteiger partial charge on any atom is -0.495 e. The lowest BCUT2D eigenvalue weighted by molar-refractivity contribution is -0.0614. The second-order valence-electron chi connectivity index (χ2n) is 6.43. The van der Waals surface area contributed by atoms with E-state index in [4.69, 9.17) is 9.47 Å². The molecule has 118 valence electrons. The molecule has 0 saturated carbocycles. The third kappa shape index (κ3) is 5.17. The SMILES string of the molecule is COc1cncc(N2CCCN(COC(C)(C)C)CC2)c1. The van der Waals surface area contributed by atoms with Crippen LogP contribution in [-0.4, -0.2) is 55.5 Å². The Morgan fingerprint density at radius 1 is 1.14 bits per heavy atom. The molecule has 0 atom stereocenters. The quantitative estimate of drug-likeness (QED) is 0.852. The zero-order valence-corrected chi connectivity index (χ0v) is 13.6. The third-order valence-electron chi connectivity index (χ3n) is 3.57. The minimum absolute atomic E-state index is 0.0806. The van der Waals surface area contributed by atoms with Crippen molar-refractivity contribution >= 4 is 5.69 Å². The van der Waals surface area contributed by atoms with Crippen LogP contribution in [0.15, 0.2) is 18.5 Å². The van der Waals surface area contributed by atoms with Crippen LogP contribution in [0.1, 0.15) is 27.2 Å². The lowest BCUT2D eigenvalue weighted by Crippen LogP contribution is -2.35. The Balaban J connectivity index is 1.91. The average Bonchev–Trinajstić information content (AvgIpc) is 2.70. The summed E-state index contributed by atoms with van der Waals surface area (Å²) in [4.78, 5) is 8.99. The summed E-state index contributed by atoms with van der Waals surface area (Å²) in [6.45, 7) is 11.1. The van der Waals surface area contributed by atoms with Gasteiger partial charge in [-0.05, 0) is 27.2 Å². The Kier molecular flexibility index (Phi) is 5.42. The van der Waals surface area contributed by atoms with E-state index in [2.05, 4.69) is 35.6 Å². The van der Waals surface area contributed by atoms with Crippen LogP contribution in [0.25, 0.3) is 0 Å². The molecular formula is C16H27N3O2. The van der Waals surface area contributed by atoms with Gasteiger partial charge in [0.2, 0.25) is 0 Å². The van der Waals surface area contributed by atoms with Gasteiger partial charge in [0, 0.05) is 32.2 Å². The number of rotatable bonds is 4. The van der Waals surface area contributed by atoms with E-state index in [0.717, 1.165) is 44.0 Å². The largest absolute Gasteiger partial charge is 0.495 e. The third-order valence-corrected chi connectivity index (χ3v) is 3.57. The molecule has 1 fully saturated rings. The summed E-state index contributed by atoms with van der Waals surface area (Å²) in [6.07, 6.45) is 4.78. The summed E-state index contributed by atoms with van der Waals surface area (Å²) in [5.41, 5.74) is 1.05. The van der Waals surface area contributed by atoms with Gasteiger partial charge in [-0.25, -0.2) is 0 Å². The summed E-state index contributed by atoms with van der Waals surface area (Å²) < 4.78 is 11.1. The van der Waals surface area contributed by atoms with E-state index in [1.165, 1.54) is 0 Å². The number of ether oxygens (including phenoxy) is 2. The van der Waals surface area contributed by atoms with Crippen molar-refractivity contribution in [2.24, 2.45) is 0 Å². The highest BCUT2D eigenvalue weighted by atomic mass is 16.5. The van der Waals surface area contributed by atoms with E-state index in [1.807, 2.05) is 12.3 Å². The lowest BCUT2D eigenvalue weighted by atomic mass is 10.2. The average molecular weight is 293 g/mol. The van der Waals surface area contributed by atoms with E-state index in [1.54, 1.807) is 13.3 Å². The Labute approximate surface area is 127 Å². The van der Waals surface area contributed by atoms with Crippen LogP contribution in [0.4, 0.5) is 5.69 Å². The number of nitrogens with zero attached hydrogens (tertiary/aromatic N) is 3. The van der Waals surface area contributed by atoms with Crippen molar-refractivity contribution in [3.63, 3.8) is 0 Å². The molecule has 0 bridgehead atoms. The van der Waals surface area contributed by atoms with Crippen molar-refractivity contribution in [2.45, 2.75) is 32.8 Å². The molecule has 5 nitrogen and oxygen atoms in total. The Hall–Kier alpha value is -1.33. The van der Waals surface area contributed by atoms with Crippen LogP contribution in [-0.2, 0) is 4.74 Å². The topological polar surface area (TPSA) is 37.8 Å². The lowest BCUT2D eigenvalue weighted by Gasteiger charge is -2.27. The van der Waals surface area contributed by atoms with Crippen LogP contribution in [0.5, 0.6) is 5.75 Å². The van der Waals surface area contributed by atoms with Crippen molar-refractivity contribution in [3.05, 3.63) is 18.5 Å². The molecule has 1 aromatic heterocycles. The van der Waals surface area contributed by atoms with Gasteiger partial charge in [0.05, 0.1) is 37.5 Å². The standard InChI is InChI=1S/C16H27N3O2/c1-16(2,3)21-13-18-6-5-7-19(9-8-18)14-10-15(20-4)12-17-11-14/h10-12H,5-9,13H2,1-4H3. The zero-order valence-electron chi connectivity index (χ0n) is 13.6. The molecule has 0 radical (unpaired) electrons. The summed E-state index contributed by atoms with van der Waals surface area (Å²) in [7, 11) is 1.68. The molecule has 21 heavy (non-hydrogen) atoms. The highest BCUT2D eigenvalue weighted by molar-refractivity contribution is 5.48. The second-order valence-corrected chi connectivity index (χ2v) is 6.43. The smallest absolute Gasteiger partial charge is 0.139 e. The number of pyridine rings is 1. The van der Waals surface area contributed by atoms with Crippen LogP contribution in [0, 0.1) is 0 Å².